The molecule has 3 aromatic carbocycles. The first-order chi connectivity index (χ1) is 13.4. The quantitative estimate of drug-likeness (QED) is 0.346. The van der Waals surface area contributed by atoms with E-state index < -0.39 is 16.9 Å². The summed E-state index contributed by atoms with van der Waals surface area (Å²) in [5.74, 6) is -0.849. The number of hydrogen-bond donors (Lipinski definition) is 3. The SMILES string of the molecule is Nc1c(S(=O)O)cc(Nc2ccc(Cl)cc2)c2c1C(=O)c1ccccc1C2=O. The van der Waals surface area contributed by atoms with Crippen molar-refractivity contribution in [1.82, 2.24) is 0 Å². The molecule has 0 fully saturated rings. The number of halogens is 1. The Morgan fingerprint density at radius 1 is 0.929 bits per heavy atom. The second kappa shape index (κ2) is 6.87. The number of carbonyl (C=O) groups is 2. The molecule has 1 unspecified atom stereocenters. The summed E-state index contributed by atoms with van der Waals surface area (Å²) in [4.78, 5) is 26.0. The van der Waals surface area contributed by atoms with Crippen molar-refractivity contribution in [3.8, 4) is 0 Å². The van der Waals surface area contributed by atoms with E-state index in [0.717, 1.165) is 0 Å². The average Bonchev–Trinajstić information content (AvgIpc) is 2.68. The third-order valence-corrected chi connectivity index (χ3v) is 5.48. The van der Waals surface area contributed by atoms with Crippen LogP contribution < -0.4 is 11.1 Å². The Morgan fingerprint density at radius 3 is 2.07 bits per heavy atom. The summed E-state index contributed by atoms with van der Waals surface area (Å²) in [5, 5.41) is 3.56. The molecule has 1 aliphatic carbocycles. The largest absolute Gasteiger partial charge is 0.397 e. The van der Waals surface area contributed by atoms with Crippen molar-refractivity contribution >= 4 is 51.3 Å². The summed E-state index contributed by atoms with van der Waals surface area (Å²) < 4.78 is 21.4. The Balaban J connectivity index is 1.98. The number of fused-ring (bicyclic) bond motifs is 2. The minimum absolute atomic E-state index is 0.0694. The number of ketones is 2. The fourth-order valence-corrected chi connectivity index (χ4v) is 3.86. The van der Waals surface area contributed by atoms with Crippen LogP contribution in [0.15, 0.2) is 59.5 Å². The van der Waals surface area contributed by atoms with E-state index in [1.807, 2.05) is 0 Å². The summed E-state index contributed by atoms with van der Waals surface area (Å²) in [5.41, 5.74) is 7.14. The maximum Gasteiger partial charge on any atom is 0.196 e. The van der Waals surface area contributed by atoms with E-state index in [-0.39, 0.29) is 44.3 Å². The summed E-state index contributed by atoms with van der Waals surface area (Å²) in [6.07, 6.45) is 0. The molecule has 8 heteroatoms. The normalized spacial score (nSPS) is 13.6. The van der Waals surface area contributed by atoms with Crippen molar-refractivity contribution in [3.63, 3.8) is 0 Å². The molecule has 4 N–H and O–H groups in total. The van der Waals surface area contributed by atoms with Gasteiger partial charge in [-0.15, -0.1) is 0 Å². The van der Waals surface area contributed by atoms with Gasteiger partial charge < -0.3 is 15.6 Å². The molecule has 0 amide bonds. The molecule has 0 saturated carbocycles. The summed E-state index contributed by atoms with van der Waals surface area (Å²) in [6, 6.07) is 14.4. The zero-order chi connectivity index (χ0) is 20.0. The molecule has 0 aromatic heterocycles. The summed E-state index contributed by atoms with van der Waals surface area (Å²) in [7, 11) is 0. The van der Waals surface area contributed by atoms with Crippen molar-refractivity contribution in [2.45, 2.75) is 4.90 Å². The molecule has 140 valence electrons. The summed E-state index contributed by atoms with van der Waals surface area (Å²) in [6.45, 7) is 0. The molecule has 6 nitrogen and oxygen atoms in total. The highest BCUT2D eigenvalue weighted by atomic mass is 35.5. The zero-order valence-corrected chi connectivity index (χ0v) is 15.8. The lowest BCUT2D eigenvalue weighted by Gasteiger charge is -2.23. The molecule has 1 aliphatic rings. The zero-order valence-electron chi connectivity index (χ0n) is 14.2. The third-order valence-electron chi connectivity index (χ3n) is 4.51. The van der Waals surface area contributed by atoms with Gasteiger partial charge in [-0.25, -0.2) is 4.21 Å². The van der Waals surface area contributed by atoms with E-state index >= 15 is 0 Å². The highest BCUT2D eigenvalue weighted by molar-refractivity contribution is 7.79. The van der Waals surface area contributed by atoms with Gasteiger partial charge in [0.1, 0.15) is 0 Å². The van der Waals surface area contributed by atoms with Gasteiger partial charge in [0.25, 0.3) is 0 Å². The fourth-order valence-electron chi connectivity index (χ4n) is 3.23. The van der Waals surface area contributed by atoms with E-state index in [4.69, 9.17) is 17.3 Å². The van der Waals surface area contributed by atoms with Crippen LogP contribution in [0.2, 0.25) is 5.02 Å². The highest BCUT2D eigenvalue weighted by Gasteiger charge is 2.35. The maximum absolute atomic E-state index is 13.1. The van der Waals surface area contributed by atoms with Crippen LogP contribution in [0.5, 0.6) is 0 Å². The molecule has 0 aliphatic heterocycles. The standard InChI is InChI=1S/C20H13ClN2O4S/c21-10-5-7-11(8-6-10)23-14-9-15(28(26)27)18(22)17-16(14)19(24)12-3-1-2-4-13(12)20(17)25/h1-9,23H,22H2,(H,26,27). The molecule has 1 atom stereocenters. The van der Waals surface area contributed by atoms with Gasteiger partial charge in [0.05, 0.1) is 27.4 Å². The van der Waals surface area contributed by atoms with Crippen LogP contribution in [-0.4, -0.2) is 20.3 Å². The van der Waals surface area contributed by atoms with Crippen LogP contribution in [0.1, 0.15) is 31.8 Å². The first-order valence-electron chi connectivity index (χ1n) is 8.17. The monoisotopic (exact) mass is 412 g/mol. The molecule has 0 saturated heterocycles. The maximum atomic E-state index is 13.1. The fraction of sp³-hybridized carbons (Fsp3) is 0. The van der Waals surface area contributed by atoms with Gasteiger partial charge in [0.2, 0.25) is 0 Å². The molecular formula is C20H13ClN2O4S. The van der Waals surface area contributed by atoms with Crippen LogP contribution in [0.25, 0.3) is 0 Å². The molecule has 28 heavy (non-hydrogen) atoms. The number of rotatable bonds is 3. The van der Waals surface area contributed by atoms with Crippen LogP contribution in [-0.2, 0) is 11.1 Å². The molecule has 0 bridgehead atoms. The first kappa shape index (κ1) is 18.4. The van der Waals surface area contributed by atoms with Gasteiger partial charge >= 0.3 is 0 Å². The van der Waals surface area contributed by atoms with Gasteiger partial charge in [0.15, 0.2) is 22.6 Å². The van der Waals surface area contributed by atoms with Crippen LogP contribution in [0, 0.1) is 0 Å². The predicted molar refractivity (Wildman–Crippen MR) is 108 cm³/mol. The van der Waals surface area contributed by atoms with E-state index in [2.05, 4.69) is 5.32 Å². The molecule has 0 heterocycles. The predicted octanol–water partition coefficient (Wildman–Crippen LogP) is 4.02. The number of nitrogen functional groups attached to an aromatic ring is 1. The Labute approximate surface area is 167 Å². The van der Waals surface area contributed by atoms with Gasteiger partial charge in [-0.1, -0.05) is 35.9 Å². The van der Waals surface area contributed by atoms with E-state index in [1.54, 1.807) is 42.5 Å². The number of hydrogen-bond acceptors (Lipinski definition) is 5. The minimum Gasteiger partial charge on any atom is -0.397 e. The topological polar surface area (TPSA) is 109 Å². The lowest BCUT2D eigenvalue weighted by Crippen LogP contribution is -2.24. The molecule has 0 radical (unpaired) electrons. The van der Waals surface area contributed by atoms with Crippen molar-refractivity contribution in [1.29, 1.82) is 0 Å². The third kappa shape index (κ3) is 2.90. The van der Waals surface area contributed by atoms with Gasteiger partial charge in [0, 0.05) is 21.8 Å². The van der Waals surface area contributed by atoms with Gasteiger partial charge in [-0.2, -0.15) is 0 Å². The highest BCUT2D eigenvalue weighted by Crippen LogP contribution is 2.39. The lowest BCUT2D eigenvalue weighted by molar-refractivity contribution is 0.0980. The van der Waals surface area contributed by atoms with Crippen molar-refractivity contribution in [2.75, 3.05) is 11.1 Å². The van der Waals surface area contributed by atoms with Gasteiger partial charge in [-0.3, -0.25) is 9.59 Å². The molecule has 4 rings (SSSR count). The van der Waals surface area contributed by atoms with Crippen molar-refractivity contribution < 1.29 is 18.4 Å². The molecular weight excluding hydrogens is 400 g/mol. The van der Waals surface area contributed by atoms with Crippen molar-refractivity contribution in [2.24, 2.45) is 0 Å². The molecule has 3 aromatic rings. The Bertz CT molecular complexity index is 1180. The van der Waals surface area contributed by atoms with Crippen molar-refractivity contribution in [3.05, 3.63) is 81.9 Å². The molecule has 0 spiro atoms. The lowest BCUT2D eigenvalue weighted by atomic mass is 9.82. The number of anilines is 3. The summed E-state index contributed by atoms with van der Waals surface area (Å²) >= 11 is 3.46. The average molecular weight is 413 g/mol. The number of nitrogens with two attached hydrogens (primary N) is 1. The van der Waals surface area contributed by atoms with Crippen LogP contribution >= 0.6 is 11.6 Å². The first-order valence-corrected chi connectivity index (χ1v) is 9.65. The number of benzene rings is 3. The smallest absolute Gasteiger partial charge is 0.196 e. The van der Waals surface area contributed by atoms with Crippen LogP contribution in [0.3, 0.4) is 0 Å². The van der Waals surface area contributed by atoms with Gasteiger partial charge in [-0.05, 0) is 30.3 Å². The number of carbonyl (C=O) groups excluding carboxylic acids is 2. The Hall–Kier alpha value is -3.00. The second-order valence-electron chi connectivity index (χ2n) is 6.17. The minimum atomic E-state index is -2.44. The van der Waals surface area contributed by atoms with Crippen LogP contribution in [0.4, 0.5) is 17.1 Å². The number of nitrogens with one attached hydrogen (secondary N) is 1. The second-order valence-corrected chi connectivity index (χ2v) is 7.55. The Kier molecular flexibility index (Phi) is 4.50. The Morgan fingerprint density at radius 2 is 1.50 bits per heavy atom. The van der Waals surface area contributed by atoms with E-state index in [9.17, 15) is 18.4 Å². The van der Waals surface area contributed by atoms with E-state index in [0.29, 0.717) is 10.7 Å². The van der Waals surface area contributed by atoms with E-state index in [1.165, 1.54) is 12.1 Å².